The van der Waals surface area contributed by atoms with Crippen molar-refractivity contribution >= 4 is 28.5 Å². The van der Waals surface area contributed by atoms with E-state index in [9.17, 15) is 9.18 Å². The number of benzene rings is 2. The summed E-state index contributed by atoms with van der Waals surface area (Å²) in [6, 6.07) is 14.3. The summed E-state index contributed by atoms with van der Waals surface area (Å²) in [5, 5.41) is 3.31. The highest BCUT2D eigenvalue weighted by molar-refractivity contribution is 5.83. The maximum absolute atomic E-state index is 14.1. The number of aromatic nitrogens is 3. The van der Waals surface area contributed by atoms with Gasteiger partial charge in [0.15, 0.2) is 5.78 Å². The number of hydrogen-bond acceptors (Lipinski definition) is 6. The largest absolute Gasteiger partial charge is 0.457 e. The fourth-order valence-corrected chi connectivity index (χ4v) is 4.75. The predicted octanol–water partition coefficient (Wildman–Crippen LogP) is 5.97. The summed E-state index contributed by atoms with van der Waals surface area (Å²) in [7, 11) is 1.93. The molecule has 1 saturated heterocycles. The first-order valence-electron chi connectivity index (χ1n) is 12.8. The number of carbonyl (C=O) groups is 1. The summed E-state index contributed by atoms with van der Waals surface area (Å²) in [6.45, 7) is 6.42. The number of hydrogen-bond donors (Lipinski definition) is 1. The molecular formula is C29H32FN5O2. The number of nitrogens with one attached hydrogen (secondary N) is 1. The number of ether oxygens (including phenoxy) is 1. The highest BCUT2D eigenvalue weighted by Gasteiger charge is 2.16. The Morgan fingerprint density at radius 1 is 1.08 bits per heavy atom. The van der Waals surface area contributed by atoms with Crippen LogP contribution in [0.4, 0.5) is 16.0 Å². The summed E-state index contributed by atoms with van der Waals surface area (Å²) in [6.07, 6.45) is 4.30. The van der Waals surface area contributed by atoms with Crippen LogP contribution in [-0.2, 0) is 18.3 Å². The van der Waals surface area contributed by atoms with Crippen LogP contribution >= 0.6 is 0 Å². The molecule has 0 spiro atoms. The van der Waals surface area contributed by atoms with Gasteiger partial charge in [-0.3, -0.25) is 14.7 Å². The molecule has 37 heavy (non-hydrogen) atoms. The minimum atomic E-state index is -0.206. The Bertz CT molecular complexity index is 1430. The van der Waals surface area contributed by atoms with E-state index < -0.39 is 0 Å². The van der Waals surface area contributed by atoms with Gasteiger partial charge in [0.2, 0.25) is 5.95 Å². The lowest BCUT2D eigenvalue weighted by atomic mass is 10.0. The molecule has 2 aromatic carbocycles. The van der Waals surface area contributed by atoms with Crippen molar-refractivity contribution < 1.29 is 13.9 Å². The van der Waals surface area contributed by atoms with Crippen LogP contribution in [0.1, 0.15) is 43.9 Å². The number of fused-ring (bicyclic) bond motifs is 1. The molecule has 0 amide bonds. The molecule has 5 rings (SSSR count). The summed E-state index contributed by atoms with van der Waals surface area (Å²) >= 11 is 0. The molecule has 0 bridgehead atoms. The zero-order valence-electron chi connectivity index (χ0n) is 21.5. The molecule has 1 aliphatic heterocycles. The number of likely N-dealkylation sites (tertiary alicyclic amines) is 1. The molecular weight excluding hydrogens is 469 g/mol. The van der Waals surface area contributed by atoms with E-state index in [1.807, 2.05) is 55.8 Å². The van der Waals surface area contributed by atoms with Gasteiger partial charge in [0, 0.05) is 31.1 Å². The lowest BCUT2D eigenvalue weighted by Crippen LogP contribution is -2.27. The Hall–Kier alpha value is -3.78. The number of ketones is 1. The number of halogens is 1. The fourth-order valence-electron chi connectivity index (χ4n) is 4.75. The third-order valence-electron chi connectivity index (χ3n) is 6.73. The number of rotatable bonds is 9. The summed E-state index contributed by atoms with van der Waals surface area (Å²) in [4.78, 5) is 23.7. The normalized spacial score (nSPS) is 14.0. The molecule has 1 fully saturated rings. The topological polar surface area (TPSA) is 72.3 Å². The minimum Gasteiger partial charge on any atom is -0.457 e. The molecule has 2 aromatic heterocycles. The molecule has 3 heterocycles. The van der Waals surface area contributed by atoms with Crippen LogP contribution in [-0.4, -0.2) is 44.9 Å². The van der Waals surface area contributed by atoms with Gasteiger partial charge in [-0.05, 0) is 73.8 Å². The van der Waals surface area contributed by atoms with Crippen LogP contribution in [0.2, 0.25) is 0 Å². The van der Waals surface area contributed by atoms with Crippen LogP contribution in [0.15, 0.2) is 54.7 Å². The molecule has 0 aliphatic carbocycles. The number of anilines is 2. The van der Waals surface area contributed by atoms with E-state index in [0.29, 0.717) is 41.7 Å². The van der Waals surface area contributed by atoms with E-state index in [1.54, 1.807) is 18.3 Å². The van der Waals surface area contributed by atoms with Crippen LogP contribution in [0, 0.1) is 5.82 Å². The van der Waals surface area contributed by atoms with E-state index in [-0.39, 0.29) is 17.5 Å². The molecule has 4 aromatic rings. The maximum Gasteiger partial charge on any atom is 0.208 e. The van der Waals surface area contributed by atoms with Crippen molar-refractivity contribution in [3.63, 3.8) is 0 Å². The van der Waals surface area contributed by atoms with Gasteiger partial charge in [0.1, 0.15) is 17.3 Å². The lowest BCUT2D eigenvalue weighted by Gasteiger charge is -2.13. The van der Waals surface area contributed by atoms with Gasteiger partial charge < -0.3 is 14.6 Å². The summed E-state index contributed by atoms with van der Waals surface area (Å²) in [5.41, 5.74) is 3.84. The first-order valence-corrected chi connectivity index (χ1v) is 12.8. The van der Waals surface area contributed by atoms with Gasteiger partial charge in [-0.2, -0.15) is 0 Å². The SMILES string of the molecule is CC(C)c1cc(Nc2nc3cc(Oc4ccnc(CC(=O)CN5CCCC5)c4)ccc3n2C)ccc1F. The standard InChI is InChI=1S/C29H32FN5O2/c1-19(2)25-16-20(6-8-26(25)30)32-29-33-27-17-23(7-9-28(27)34(29)3)37-24-10-11-31-21(15-24)14-22(36)18-35-12-4-5-13-35/h6-11,15-17,19H,4-5,12-14,18H2,1-3H3,(H,32,33). The monoisotopic (exact) mass is 501 g/mol. The molecule has 7 nitrogen and oxygen atoms in total. The van der Waals surface area contributed by atoms with Crippen molar-refractivity contribution in [1.82, 2.24) is 19.4 Å². The van der Waals surface area contributed by atoms with Crippen molar-refractivity contribution in [1.29, 1.82) is 0 Å². The van der Waals surface area contributed by atoms with E-state index in [2.05, 4.69) is 15.2 Å². The Morgan fingerprint density at radius 2 is 1.86 bits per heavy atom. The fraction of sp³-hybridized carbons (Fsp3) is 0.345. The van der Waals surface area contributed by atoms with Gasteiger partial charge in [-0.1, -0.05) is 13.8 Å². The number of carbonyl (C=O) groups excluding carboxylic acids is 1. The number of Topliss-reactive ketones (excluding diaryl/α,β-unsaturated/α-hetero) is 1. The first kappa shape index (κ1) is 24.9. The molecule has 0 saturated carbocycles. The number of nitrogens with zero attached hydrogens (tertiary/aromatic N) is 4. The van der Waals surface area contributed by atoms with Gasteiger partial charge in [0.05, 0.1) is 29.7 Å². The van der Waals surface area contributed by atoms with Gasteiger partial charge in [-0.25, -0.2) is 9.37 Å². The van der Waals surface area contributed by atoms with Gasteiger partial charge >= 0.3 is 0 Å². The predicted molar refractivity (Wildman–Crippen MR) is 143 cm³/mol. The third kappa shape index (κ3) is 5.80. The van der Waals surface area contributed by atoms with E-state index in [4.69, 9.17) is 9.72 Å². The molecule has 8 heteroatoms. The molecule has 1 aliphatic rings. The van der Waals surface area contributed by atoms with Gasteiger partial charge in [0.25, 0.3) is 0 Å². The Balaban J connectivity index is 1.29. The van der Waals surface area contributed by atoms with Crippen molar-refractivity contribution in [3.8, 4) is 11.5 Å². The second-order valence-electron chi connectivity index (χ2n) is 9.94. The van der Waals surface area contributed by atoms with Crippen LogP contribution < -0.4 is 10.1 Å². The highest BCUT2D eigenvalue weighted by atomic mass is 19.1. The Labute approximate surface area is 216 Å². The summed E-state index contributed by atoms with van der Waals surface area (Å²) < 4.78 is 22.2. The molecule has 1 N–H and O–H groups in total. The average molecular weight is 502 g/mol. The van der Waals surface area contributed by atoms with Gasteiger partial charge in [-0.15, -0.1) is 0 Å². The molecule has 0 unspecified atom stereocenters. The molecule has 192 valence electrons. The molecule has 0 radical (unpaired) electrons. The zero-order valence-corrected chi connectivity index (χ0v) is 21.5. The van der Waals surface area contributed by atoms with E-state index >= 15 is 0 Å². The van der Waals surface area contributed by atoms with Crippen molar-refractivity contribution in [2.75, 3.05) is 25.0 Å². The third-order valence-corrected chi connectivity index (χ3v) is 6.73. The zero-order chi connectivity index (χ0) is 25.9. The Morgan fingerprint density at radius 3 is 2.65 bits per heavy atom. The Kier molecular flexibility index (Phi) is 7.19. The second kappa shape index (κ2) is 10.7. The van der Waals surface area contributed by atoms with Crippen LogP contribution in [0.3, 0.4) is 0 Å². The number of pyridine rings is 1. The van der Waals surface area contributed by atoms with E-state index in [1.165, 1.54) is 18.9 Å². The van der Waals surface area contributed by atoms with Crippen molar-refractivity contribution in [2.45, 2.75) is 39.0 Å². The summed E-state index contributed by atoms with van der Waals surface area (Å²) in [5.74, 6) is 1.96. The smallest absolute Gasteiger partial charge is 0.208 e. The van der Waals surface area contributed by atoms with Crippen LogP contribution in [0.5, 0.6) is 11.5 Å². The second-order valence-corrected chi connectivity index (χ2v) is 9.94. The van der Waals surface area contributed by atoms with Crippen LogP contribution in [0.25, 0.3) is 11.0 Å². The quantitative estimate of drug-likeness (QED) is 0.304. The highest BCUT2D eigenvalue weighted by Crippen LogP contribution is 2.29. The van der Waals surface area contributed by atoms with E-state index in [0.717, 1.165) is 29.8 Å². The maximum atomic E-state index is 14.1. The minimum absolute atomic E-state index is 0.0822. The number of aryl methyl sites for hydroxylation is 1. The first-order chi connectivity index (χ1) is 17.9. The molecule has 0 atom stereocenters. The van der Waals surface area contributed by atoms with Crippen molar-refractivity contribution in [2.24, 2.45) is 7.05 Å². The number of imidazole rings is 1. The van der Waals surface area contributed by atoms with Crippen molar-refractivity contribution in [3.05, 3.63) is 71.8 Å². The average Bonchev–Trinajstić information content (AvgIpc) is 3.48. The lowest BCUT2D eigenvalue weighted by molar-refractivity contribution is -0.119.